The van der Waals surface area contributed by atoms with Crippen LogP contribution < -0.4 is 0 Å². The fourth-order valence-corrected chi connectivity index (χ4v) is 1.91. The Morgan fingerprint density at radius 3 is 2.36 bits per heavy atom. The number of carbonyl (C=O) groups excluding carboxylic acids is 1. The van der Waals surface area contributed by atoms with Gasteiger partial charge in [0.05, 0.1) is 24.6 Å². The summed E-state index contributed by atoms with van der Waals surface area (Å²) in [5.41, 5.74) is -0.584. The lowest BCUT2D eigenvalue weighted by Crippen LogP contribution is -2.28. The Morgan fingerprint density at radius 2 is 1.86 bits per heavy atom. The number of hydroxylamine groups is 2. The number of amides is 1. The first-order valence-electron chi connectivity index (χ1n) is 6.30. The number of aryl methyl sites for hydroxylation is 1. The molecule has 0 aliphatic carbocycles. The van der Waals surface area contributed by atoms with Crippen LogP contribution in [0.1, 0.15) is 21.6 Å². The fraction of sp³-hybridized carbons (Fsp3) is 0.286. The summed E-state index contributed by atoms with van der Waals surface area (Å²) in [4.78, 5) is 16.6. The quantitative estimate of drug-likeness (QED) is 0.819. The molecule has 1 aromatic carbocycles. The predicted molar refractivity (Wildman–Crippen MR) is 72.4 cm³/mol. The van der Waals surface area contributed by atoms with Gasteiger partial charge in [0, 0.05) is 7.05 Å². The molecule has 0 fully saturated rings. The highest BCUT2D eigenvalue weighted by molar-refractivity contribution is 5.94. The molecular formula is C14H14F3N3O2. The first kappa shape index (κ1) is 16.0. The van der Waals surface area contributed by atoms with E-state index in [1.807, 2.05) is 6.92 Å². The van der Waals surface area contributed by atoms with Crippen LogP contribution in [-0.2, 0) is 11.0 Å². The molecule has 0 N–H and O–H groups in total. The number of benzene rings is 1. The van der Waals surface area contributed by atoms with E-state index in [2.05, 4.69) is 9.94 Å². The zero-order valence-electron chi connectivity index (χ0n) is 12.2. The van der Waals surface area contributed by atoms with Crippen molar-refractivity contribution in [3.05, 3.63) is 47.3 Å². The summed E-state index contributed by atoms with van der Waals surface area (Å²) in [7, 11) is 2.42. The minimum Gasteiger partial charge on any atom is -0.274 e. The van der Waals surface area contributed by atoms with Crippen LogP contribution in [0.2, 0.25) is 0 Å². The second-order valence-electron chi connectivity index (χ2n) is 4.64. The smallest absolute Gasteiger partial charge is 0.274 e. The lowest BCUT2D eigenvalue weighted by Gasteiger charge is -2.16. The summed E-state index contributed by atoms with van der Waals surface area (Å²) in [6.07, 6.45) is -3.85. The molecular weight excluding hydrogens is 299 g/mol. The third-order valence-electron chi connectivity index (χ3n) is 3.11. The summed E-state index contributed by atoms with van der Waals surface area (Å²) in [6, 6.07) is 6.34. The number of alkyl halides is 3. The van der Waals surface area contributed by atoms with Gasteiger partial charge in [0.1, 0.15) is 0 Å². The van der Waals surface area contributed by atoms with Gasteiger partial charge in [0.25, 0.3) is 5.91 Å². The topological polar surface area (TPSA) is 47.4 Å². The average molecular weight is 313 g/mol. The van der Waals surface area contributed by atoms with Crippen LogP contribution in [0.15, 0.2) is 30.5 Å². The normalized spacial score (nSPS) is 11.5. The van der Waals surface area contributed by atoms with E-state index in [4.69, 9.17) is 0 Å². The third-order valence-corrected chi connectivity index (χ3v) is 3.11. The highest BCUT2D eigenvalue weighted by Gasteiger charge is 2.41. The van der Waals surface area contributed by atoms with Crippen molar-refractivity contribution < 1.29 is 22.8 Å². The van der Waals surface area contributed by atoms with Gasteiger partial charge in [-0.05, 0) is 19.1 Å². The van der Waals surface area contributed by atoms with Crippen LogP contribution in [0, 0.1) is 6.92 Å². The van der Waals surface area contributed by atoms with Crippen molar-refractivity contribution >= 4 is 5.91 Å². The second-order valence-corrected chi connectivity index (χ2v) is 4.64. The average Bonchev–Trinajstić information content (AvgIpc) is 2.91. The van der Waals surface area contributed by atoms with Gasteiger partial charge in [0.2, 0.25) is 0 Å². The third kappa shape index (κ3) is 2.96. The Hall–Kier alpha value is -2.35. The van der Waals surface area contributed by atoms with E-state index >= 15 is 0 Å². The van der Waals surface area contributed by atoms with Crippen LogP contribution in [0.5, 0.6) is 0 Å². The Bertz CT molecular complexity index is 678. The SMILES string of the molecule is CON(C)C(=O)c1cnn(-c2ccc(C)cc2)c1C(F)(F)F. The molecule has 1 aromatic heterocycles. The largest absolute Gasteiger partial charge is 0.434 e. The number of hydrogen-bond donors (Lipinski definition) is 0. The van der Waals surface area contributed by atoms with E-state index in [1.165, 1.54) is 26.3 Å². The predicted octanol–water partition coefficient (Wildman–Crippen LogP) is 2.83. The summed E-state index contributed by atoms with van der Waals surface area (Å²) >= 11 is 0. The minimum absolute atomic E-state index is 0.219. The molecule has 0 bridgehead atoms. The van der Waals surface area contributed by atoms with Crippen LogP contribution >= 0.6 is 0 Å². The molecule has 0 radical (unpaired) electrons. The van der Waals surface area contributed by atoms with Gasteiger partial charge < -0.3 is 0 Å². The van der Waals surface area contributed by atoms with Gasteiger partial charge in [-0.25, -0.2) is 9.75 Å². The molecule has 1 amide bonds. The van der Waals surface area contributed by atoms with Crippen molar-refractivity contribution in [2.45, 2.75) is 13.1 Å². The molecule has 0 aliphatic rings. The maximum Gasteiger partial charge on any atom is 0.434 e. The zero-order chi connectivity index (χ0) is 16.5. The molecule has 22 heavy (non-hydrogen) atoms. The van der Waals surface area contributed by atoms with Gasteiger partial charge in [-0.15, -0.1) is 0 Å². The lowest BCUT2D eigenvalue weighted by molar-refractivity contribution is -0.143. The van der Waals surface area contributed by atoms with Crippen molar-refractivity contribution in [1.82, 2.24) is 14.8 Å². The zero-order valence-corrected chi connectivity index (χ0v) is 12.2. The summed E-state index contributed by atoms with van der Waals surface area (Å²) in [5.74, 6) is -0.923. The Morgan fingerprint density at radius 1 is 1.27 bits per heavy atom. The Kier molecular flexibility index (Phi) is 4.23. The number of nitrogens with zero attached hydrogens (tertiary/aromatic N) is 3. The Labute approximate surface area is 124 Å². The van der Waals surface area contributed by atoms with Crippen molar-refractivity contribution in [1.29, 1.82) is 0 Å². The monoisotopic (exact) mass is 313 g/mol. The number of hydrogen-bond acceptors (Lipinski definition) is 3. The lowest BCUT2D eigenvalue weighted by atomic mass is 10.2. The van der Waals surface area contributed by atoms with Crippen LogP contribution in [0.3, 0.4) is 0 Å². The molecule has 8 heteroatoms. The molecule has 2 aromatic rings. The van der Waals surface area contributed by atoms with Gasteiger partial charge in [-0.2, -0.15) is 18.3 Å². The highest BCUT2D eigenvalue weighted by Crippen LogP contribution is 2.34. The first-order chi connectivity index (χ1) is 10.3. The van der Waals surface area contributed by atoms with E-state index in [0.29, 0.717) is 9.75 Å². The number of halogens is 3. The van der Waals surface area contributed by atoms with Crippen molar-refractivity contribution in [3.63, 3.8) is 0 Å². The second kappa shape index (κ2) is 5.80. The molecule has 5 nitrogen and oxygen atoms in total. The molecule has 0 aliphatic heterocycles. The van der Waals surface area contributed by atoms with Crippen LogP contribution in [0.25, 0.3) is 5.69 Å². The Balaban J connectivity index is 2.59. The van der Waals surface area contributed by atoms with Crippen molar-refractivity contribution in [3.8, 4) is 5.69 Å². The van der Waals surface area contributed by atoms with Crippen LogP contribution in [-0.4, -0.2) is 34.9 Å². The molecule has 0 unspecified atom stereocenters. The maximum absolute atomic E-state index is 13.4. The molecule has 0 atom stereocenters. The molecule has 2 rings (SSSR count). The molecule has 0 saturated heterocycles. The van der Waals surface area contributed by atoms with E-state index in [9.17, 15) is 18.0 Å². The fourth-order valence-electron chi connectivity index (χ4n) is 1.91. The van der Waals surface area contributed by atoms with E-state index in [-0.39, 0.29) is 5.69 Å². The number of rotatable bonds is 3. The summed E-state index contributed by atoms with van der Waals surface area (Å²) in [6.45, 7) is 1.82. The van der Waals surface area contributed by atoms with Crippen molar-refractivity contribution in [2.75, 3.05) is 14.2 Å². The molecule has 0 spiro atoms. The van der Waals surface area contributed by atoms with Gasteiger partial charge >= 0.3 is 6.18 Å². The van der Waals surface area contributed by atoms with Gasteiger partial charge in [0.15, 0.2) is 5.69 Å². The van der Waals surface area contributed by atoms with E-state index in [1.54, 1.807) is 12.1 Å². The van der Waals surface area contributed by atoms with Gasteiger partial charge in [-0.1, -0.05) is 17.7 Å². The molecule has 118 valence electrons. The summed E-state index contributed by atoms with van der Waals surface area (Å²) < 4.78 is 40.8. The van der Waals surface area contributed by atoms with E-state index < -0.39 is 23.3 Å². The van der Waals surface area contributed by atoms with E-state index in [0.717, 1.165) is 11.8 Å². The highest BCUT2D eigenvalue weighted by atomic mass is 19.4. The van der Waals surface area contributed by atoms with Crippen molar-refractivity contribution in [2.24, 2.45) is 0 Å². The minimum atomic E-state index is -4.74. The molecule has 0 saturated carbocycles. The van der Waals surface area contributed by atoms with Gasteiger partial charge in [-0.3, -0.25) is 9.63 Å². The van der Waals surface area contributed by atoms with Crippen LogP contribution in [0.4, 0.5) is 13.2 Å². The number of carbonyl (C=O) groups is 1. The summed E-state index contributed by atoms with van der Waals surface area (Å²) in [5, 5.41) is 4.43. The first-order valence-corrected chi connectivity index (χ1v) is 6.30. The maximum atomic E-state index is 13.4. The number of aromatic nitrogens is 2. The molecule has 1 heterocycles. The standard InChI is InChI=1S/C14H14F3N3O2/c1-9-4-6-10(7-5-9)20-12(14(15,16)17)11(8-18-20)13(21)19(2)22-3/h4-8H,1-3H3.